The maximum atomic E-state index is 12.1. The summed E-state index contributed by atoms with van der Waals surface area (Å²) < 4.78 is 28.3. The number of sulfonamides is 1. The van der Waals surface area contributed by atoms with E-state index in [0.29, 0.717) is 26.1 Å². The van der Waals surface area contributed by atoms with Crippen LogP contribution in [0.2, 0.25) is 0 Å². The number of hydrogen-bond donors (Lipinski definition) is 2. The van der Waals surface area contributed by atoms with Crippen LogP contribution < -0.4 is 10.5 Å². The highest BCUT2D eigenvalue weighted by molar-refractivity contribution is 7.89. The van der Waals surface area contributed by atoms with Crippen molar-refractivity contribution in [2.75, 3.05) is 13.1 Å². The Morgan fingerprint density at radius 3 is 3.00 bits per heavy atom. The van der Waals surface area contributed by atoms with Crippen molar-refractivity contribution in [3.63, 3.8) is 0 Å². The van der Waals surface area contributed by atoms with Crippen molar-refractivity contribution >= 4 is 21.4 Å². The molecule has 0 bridgehead atoms. The van der Waals surface area contributed by atoms with Gasteiger partial charge < -0.3 is 5.73 Å². The third-order valence-electron chi connectivity index (χ3n) is 2.75. The van der Waals surface area contributed by atoms with Gasteiger partial charge >= 0.3 is 0 Å². The van der Waals surface area contributed by atoms with Gasteiger partial charge in [0.2, 0.25) is 10.0 Å². The maximum absolute atomic E-state index is 12.1. The van der Waals surface area contributed by atoms with Gasteiger partial charge in [-0.2, -0.15) is 5.10 Å². The fraction of sp³-hybridized carbons (Fsp3) is 0.417. The van der Waals surface area contributed by atoms with E-state index in [1.807, 2.05) is 17.5 Å². The van der Waals surface area contributed by atoms with Gasteiger partial charge in [0, 0.05) is 24.2 Å². The molecule has 8 heteroatoms. The molecule has 2 rings (SSSR count). The van der Waals surface area contributed by atoms with E-state index in [0.717, 1.165) is 11.3 Å². The Hall–Kier alpha value is -1.22. The Labute approximate surface area is 122 Å². The summed E-state index contributed by atoms with van der Waals surface area (Å²) >= 11 is 1.62. The molecule has 6 nitrogen and oxygen atoms in total. The van der Waals surface area contributed by atoms with Gasteiger partial charge in [-0.3, -0.25) is 4.68 Å². The highest BCUT2D eigenvalue weighted by Crippen LogP contribution is 2.10. The van der Waals surface area contributed by atoms with Gasteiger partial charge in [-0.15, -0.1) is 11.3 Å². The highest BCUT2D eigenvalue weighted by atomic mass is 32.2. The smallest absolute Gasteiger partial charge is 0.243 e. The van der Waals surface area contributed by atoms with Gasteiger partial charge in [-0.25, -0.2) is 13.1 Å². The van der Waals surface area contributed by atoms with Gasteiger partial charge in [0.25, 0.3) is 0 Å². The van der Waals surface area contributed by atoms with Gasteiger partial charge in [-0.1, -0.05) is 6.07 Å². The average molecular weight is 314 g/mol. The topological polar surface area (TPSA) is 90.0 Å². The van der Waals surface area contributed by atoms with Crippen molar-refractivity contribution < 1.29 is 8.42 Å². The largest absolute Gasteiger partial charge is 0.330 e. The predicted molar refractivity (Wildman–Crippen MR) is 79.1 cm³/mol. The molecule has 0 fully saturated rings. The number of thiophene rings is 1. The van der Waals surface area contributed by atoms with E-state index in [1.54, 1.807) is 16.0 Å². The number of nitrogens with one attached hydrogen (secondary N) is 1. The summed E-state index contributed by atoms with van der Waals surface area (Å²) in [6.07, 6.45) is 4.36. The summed E-state index contributed by atoms with van der Waals surface area (Å²) in [6, 6.07) is 3.94. The number of nitrogens with two attached hydrogens (primary N) is 1. The molecule has 2 aromatic heterocycles. The molecular formula is C12H18N4O2S2. The zero-order valence-corrected chi connectivity index (χ0v) is 12.7. The van der Waals surface area contributed by atoms with Crippen LogP contribution in [-0.4, -0.2) is 31.3 Å². The molecule has 0 unspecified atom stereocenters. The van der Waals surface area contributed by atoms with Crippen molar-refractivity contribution in [1.82, 2.24) is 14.5 Å². The van der Waals surface area contributed by atoms with Crippen LogP contribution >= 0.6 is 11.3 Å². The summed E-state index contributed by atoms with van der Waals surface area (Å²) in [4.78, 5) is 1.35. The van der Waals surface area contributed by atoms with Crippen LogP contribution in [0.25, 0.3) is 0 Å². The molecule has 0 aliphatic heterocycles. The normalized spacial score (nSPS) is 11.8. The van der Waals surface area contributed by atoms with E-state index in [2.05, 4.69) is 9.82 Å². The van der Waals surface area contributed by atoms with E-state index in [1.165, 1.54) is 12.4 Å². The van der Waals surface area contributed by atoms with Gasteiger partial charge in [-0.05, 0) is 30.8 Å². The van der Waals surface area contributed by atoms with Crippen LogP contribution in [0.3, 0.4) is 0 Å². The van der Waals surface area contributed by atoms with Gasteiger partial charge in [0.05, 0.1) is 6.20 Å². The Bertz CT molecular complexity index is 620. The molecular weight excluding hydrogens is 296 g/mol. The fourth-order valence-corrected chi connectivity index (χ4v) is 3.40. The summed E-state index contributed by atoms with van der Waals surface area (Å²) in [6.45, 7) is 1.57. The summed E-state index contributed by atoms with van der Waals surface area (Å²) in [7, 11) is -3.48. The van der Waals surface area contributed by atoms with Crippen LogP contribution in [0.5, 0.6) is 0 Å². The van der Waals surface area contributed by atoms with Crippen LogP contribution in [-0.2, 0) is 23.0 Å². The lowest BCUT2D eigenvalue weighted by molar-refractivity contribution is 0.576. The molecule has 0 aliphatic rings. The third kappa shape index (κ3) is 4.14. The maximum Gasteiger partial charge on any atom is 0.243 e. The minimum Gasteiger partial charge on any atom is -0.330 e. The monoisotopic (exact) mass is 314 g/mol. The zero-order valence-electron chi connectivity index (χ0n) is 11.0. The Kier molecular flexibility index (Phi) is 5.30. The molecule has 0 aliphatic carbocycles. The molecule has 3 N–H and O–H groups in total. The fourth-order valence-electron chi connectivity index (χ4n) is 1.71. The molecule has 0 saturated carbocycles. The molecule has 2 aromatic rings. The van der Waals surface area contributed by atoms with E-state index in [9.17, 15) is 8.42 Å². The summed E-state index contributed by atoms with van der Waals surface area (Å²) in [5, 5.41) is 6.00. The van der Waals surface area contributed by atoms with E-state index in [4.69, 9.17) is 5.73 Å². The first-order chi connectivity index (χ1) is 9.62. The van der Waals surface area contributed by atoms with Crippen LogP contribution in [0.4, 0.5) is 0 Å². The second-order valence-corrected chi connectivity index (χ2v) is 7.11. The number of aryl methyl sites for hydroxylation is 1. The van der Waals surface area contributed by atoms with Crippen molar-refractivity contribution in [2.24, 2.45) is 5.73 Å². The number of hydrogen-bond acceptors (Lipinski definition) is 5. The van der Waals surface area contributed by atoms with E-state index >= 15 is 0 Å². The van der Waals surface area contributed by atoms with Crippen molar-refractivity contribution in [1.29, 1.82) is 0 Å². The predicted octanol–water partition coefficient (Wildman–Crippen LogP) is 0.814. The van der Waals surface area contributed by atoms with Crippen LogP contribution in [0.15, 0.2) is 34.8 Å². The minimum absolute atomic E-state index is 0.195. The molecule has 0 atom stereocenters. The third-order valence-corrected chi connectivity index (χ3v) is 5.11. The first-order valence-corrected chi connectivity index (χ1v) is 8.72. The standard InChI is InChI=1S/C12H18N4O2S2/c13-5-2-7-16-10-12(9-14-16)20(17,18)15-6-4-11-3-1-8-19-11/h1,3,8-10,15H,2,4-7,13H2. The molecule has 20 heavy (non-hydrogen) atoms. The second kappa shape index (κ2) is 6.98. The molecule has 2 heterocycles. The Balaban J connectivity index is 1.90. The molecule has 0 aromatic carbocycles. The molecule has 0 spiro atoms. The summed E-state index contributed by atoms with van der Waals surface area (Å²) in [5.41, 5.74) is 5.41. The molecule has 0 radical (unpaired) electrons. The average Bonchev–Trinajstić information content (AvgIpc) is 3.07. The number of aromatic nitrogens is 2. The zero-order chi connectivity index (χ0) is 14.4. The second-order valence-electron chi connectivity index (χ2n) is 4.31. The van der Waals surface area contributed by atoms with Crippen LogP contribution in [0.1, 0.15) is 11.3 Å². The lowest BCUT2D eigenvalue weighted by Crippen LogP contribution is -2.25. The molecule has 0 amide bonds. The SMILES string of the molecule is NCCCn1cc(S(=O)(=O)NCCc2cccs2)cn1. The first kappa shape index (κ1) is 15.2. The Morgan fingerprint density at radius 1 is 1.45 bits per heavy atom. The number of rotatable bonds is 8. The van der Waals surface area contributed by atoms with Crippen LogP contribution in [0, 0.1) is 0 Å². The molecule has 110 valence electrons. The molecule has 0 saturated heterocycles. The van der Waals surface area contributed by atoms with Crippen molar-refractivity contribution in [2.45, 2.75) is 24.3 Å². The van der Waals surface area contributed by atoms with E-state index < -0.39 is 10.0 Å². The number of nitrogens with zero attached hydrogens (tertiary/aromatic N) is 2. The minimum atomic E-state index is -3.48. The lowest BCUT2D eigenvalue weighted by atomic mass is 10.3. The van der Waals surface area contributed by atoms with Gasteiger partial charge in [0.15, 0.2) is 0 Å². The summed E-state index contributed by atoms with van der Waals surface area (Å²) in [5.74, 6) is 0. The Morgan fingerprint density at radius 2 is 2.30 bits per heavy atom. The lowest BCUT2D eigenvalue weighted by Gasteiger charge is -2.03. The quantitative estimate of drug-likeness (QED) is 0.754. The first-order valence-electron chi connectivity index (χ1n) is 6.36. The highest BCUT2D eigenvalue weighted by Gasteiger charge is 2.15. The van der Waals surface area contributed by atoms with Crippen molar-refractivity contribution in [3.05, 3.63) is 34.8 Å². The van der Waals surface area contributed by atoms with Crippen molar-refractivity contribution in [3.8, 4) is 0 Å². The van der Waals surface area contributed by atoms with Gasteiger partial charge in [0.1, 0.15) is 4.90 Å². The van der Waals surface area contributed by atoms with E-state index in [-0.39, 0.29) is 4.90 Å².